The van der Waals surface area contributed by atoms with Gasteiger partial charge in [0.05, 0.1) is 38.1 Å². The minimum absolute atomic E-state index is 0.0312. The van der Waals surface area contributed by atoms with E-state index in [2.05, 4.69) is 147 Å². The number of fused-ring (bicyclic) bond motifs is 1. The van der Waals surface area contributed by atoms with Gasteiger partial charge in [-0.2, -0.15) is 0 Å². The average Bonchev–Trinajstić information content (AvgIpc) is 3.86. The molecule has 1 aliphatic heterocycles. The maximum atomic E-state index is 14.3. The third-order valence-electron chi connectivity index (χ3n) is 11.5. The van der Waals surface area contributed by atoms with E-state index in [1.165, 1.54) is 10.4 Å². The van der Waals surface area contributed by atoms with Crippen molar-refractivity contribution in [2.45, 2.75) is 122 Å². The number of allylic oxidation sites excluding steroid dienone is 1. The summed E-state index contributed by atoms with van der Waals surface area (Å²) < 4.78 is 34.2. The van der Waals surface area contributed by atoms with Crippen LogP contribution in [0, 0.1) is 11.3 Å². The van der Waals surface area contributed by atoms with Crippen LogP contribution in [0.2, 0.25) is 44.3 Å². The molecule has 50 heavy (non-hydrogen) atoms. The number of ketones is 1. The molecule has 2 aromatic rings. The Morgan fingerprint density at radius 1 is 0.960 bits per heavy atom. The Labute approximate surface area is 305 Å². The van der Waals surface area contributed by atoms with Gasteiger partial charge >= 0.3 is 0 Å². The average molecular weight is 735 g/mol. The zero-order valence-corrected chi connectivity index (χ0v) is 35.8. The molecule has 1 heterocycles. The number of benzene rings is 2. The smallest absolute Gasteiger partial charge is 0.261 e. The lowest BCUT2D eigenvalue weighted by Gasteiger charge is -2.58. The van der Waals surface area contributed by atoms with Crippen LogP contribution in [0.3, 0.4) is 0 Å². The molecule has 0 radical (unpaired) electrons. The first kappa shape index (κ1) is 39.3. The Morgan fingerprint density at radius 3 is 1.94 bits per heavy atom. The van der Waals surface area contributed by atoms with Crippen LogP contribution in [-0.4, -0.2) is 74.4 Å². The van der Waals surface area contributed by atoms with Gasteiger partial charge in [-0.1, -0.05) is 121 Å². The number of epoxide rings is 1. The molecule has 1 saturated heterocycles. The summed E-state index contributed by atoms with van der Waals surface area (Å²) in [6.45, 7) is 29.9. The molecule has 0 bridgehead atoms. The van der Waals surface area contributed by atoms with E-state index in [1.807, 2.05) is 0 Å². The van der Waals surface area contributed by atoms with Gasteiger partial charge in [0.1, 0.15) is 6.79 Å². The number of ether oxygens (including phenoxy) is 3. The second kappa shape index (κ2) is 13.8. The first-order chi connectivity index (χ1) is 23.2. The summed E-state index contributed by atoms with van der Waals surface area (Å²) in [7, 11) is -5.47. The fourth-order valence-electron chi connectivity index (χ4n) is 9.00. The van der Waals surface area contributed by atoms with Crippen LogP contribution >= 0.6 is 0 Å². The van der Waals surface area contributed by atoms with E-state index >= 15 is 0 Å². The van der Waals surface area contributed by atoms with E-state index < -0.39 is 35.9 Å². The second-order valence-electron chi connectivity index (χ2n) is 18.3. The maximum Gasteiger partial charge on any atom is 0.261 e. The lowest BCUT2D eigenvalue weighted by molar-refractivity contribution is -0.209. The molecule has 3 aliphatic rings. The minimum atomic E-state index is -2.97. The van der Waals surface area contributed by atoms with Gasteiger partial charge in [0.25, 0.3) is 8.32 Å². The number of hydrogen-bond acceptors (Lipinski definition) is 6. The summed E-state index contributed by atoms with van der Waals surface area (Å²) in [5.41, 5.74) is -0.878. The number of rotatable bonds is 14. The van der Waals surface area contributed by atoms with Crippen LogP contribution in [-0.2, 0) is 27.9 Å². The van der Waals surface area contributed by atoms with Crippen molar-refractivity contribution >= 4 is 40.9 Å². The van der Waals surface area contributed by atoms with Gasteiger partial charge in [-0.25, -0.2) is 0 Å². The molecule has 2 aliphatic carbocycles. The third-order valence-corrected chi connectivity index (χ3v) is 19.6. The molecule has 1 unspecified atom stereocenters. The molecular weight excluding hydrogens is 673 g/mol. The Kier molecular flexibility index (Phi) is 10.8. The van der Waals surface area contributed by atoms with Crippen LogP contribution < -0.4 is 10.4 Å². The molecular formula is C41H62O6Si3. The quantitative estimate of drug-likeness (QED) is 0.0644. The Balaban J connectivity index is 1.73. The Hall–Kier alpha value is -1.96. The number of carbonyl (C=O) groups is 1. The Bertz CT molecular complexity index is 1530. The van der Waals surface area contributed by atoms with Gasteiger partial charge < -0.3 is 23.1 Å². The highest BCUT2D eigenvalue weighted by atomic mass is 28.4. The summed E-state index contributed by atoms with van der Waals surface area (Å²) in [5.74, 6) is -0.0948. The van der Waals surface area contributed by atoms with Gasteiger partial charge in [0.15, 0.2) is 14.1 Å². The molecule has 274 valence electrons. The molecule has 0 N–H and O–H groups in total. The first-order valence-electron chi connectivity index (χ1n) is 18.3. The first-order valence-corrected chi connectivity index (χ1v) is 27.1. The summed E-state index contributed by atoms with van der Waals surface area (Å²) in [6.07, 6.45) is 3.64. The van der Waals surface area contributed by atoms with Crippen LogP contribution in [0.1, 0.15) is 53.9 Å². The zero-order chi connectivity index (χ0) is 37.0. The highest BCUT2D eigenvalue weighted by Crippen LogP contribution is 2.63. The highest BCUT2D eigenvalue weighted by Gasteiger charge is 2.69. The predicted molar refractivity (Wildman–Crippen MR) is 212 cm³/mol. The van der Waals surface area contributed by atoms with Crippen LogP contribution in [0.25, 0.3) is 0 Å². The monoisotopic (exact) mass is 734 g/mol. The number of Topliss-reactive ketones (excluding diaryl/α,β-unsaturated/α-hetero) is 1. The standard InChI is InChI=1S/C41H62O6Si3/c1-30-25-40(47-49(11,12)13,26-34(42)31(2)48(8,9)10)35-24-36(39(6,37-27-44-37)28-41(30,35)45-29-43-7)46-50(38(3,4)5,32-20-16-14-17-21-32)33-22-18-15-19-23-33/h14-23,25,35-37H,2,24,26-29H2,1,3-13H3/t35-,36+,37?,39+,40+,41-/m1/s1. The van der Waals surface area contributed by atoms with Crippen molar-refractivity contribution in [2.75, 3.05) is 20.5 Å². The van der Waals surface area contributed by atoms with Gasteiger partial charge in [0.2, 0.25) is 0 Å². The minimum Gasteiger partial charge on any atom is -0.408 e. The lowest BCUT2D eigenvalue weighted by atomic mass is 9.58. The van der Waals surface area contributed by atoms with Crippen molar-refractivity contribution in [1.82, 2.24) is 0 Å². The van der Waals surface area contributed by atoms with E-state index in [-0.39, 0.29) is 47.6 Å². The molecule has 2 aromatic carbocycles. The molecule has 0 aromatic heterocycles. The topological polar surface area (TPSA) is 66.5 Å². The molecule has 0 amide bonds. The van der Waals surface area contributed by atoms with Crippen molar-refractivity contribution < 1.29 is 27.9 Å². The molecule has 2 fully saturated rings. The number of hydrogen-bond donors (Lipinski definition) is 0. The van der Waals surface area contributed by atoms with Gasteiger partial charge in [-0.15, -0.1) is 0 Å². The SMILES string of the molecule is C=C(C(=O)C[C@@]1(O[Si](C)(C)C)C=C(C)[C@]2(OCOC)C[C@](C)(C3CO3)[C@@H](O[Si](c3ccccc3)(c3ccccc3)C(C)(C)C)C[C@H]12)[Si](C)(C)C. The fourth-order valence-corrected chi connectivity index (χ4v) is 16.1. The third kappa shape index (κ3) is 7.18. The van der Waals surface area contributed by atoms with Crippen LogP contribution in [0.4, 0.5) is 0 Å². The normalized spacial score (nSPS) is 30.1. The summed E-state index contributed by atoms with van der Waals surface area (Å²) in [6, 6.07) is 21.7. The Morgan fingerprint density at radius 2 is 1.50 bits per heavy atom. The van der Waals surface area contributed by atoms with E-state index in [0.717, 1.165) is 10.8 Å². The van der Waals surface area contributed by atoms with Crippen molar-refractivity contribution in [3.63, 3.8) is 0 Å². The molecule has 6 atom stereocenters. The second-order valence-corrected chi connectivity index (χ2v) is 32.1. The molecule has 1 saturated carbocycles. The van der Waals surface area contributed by atoms with Crippen LogP contribution in [0.5, 0.6) is 0 Å². The zero-order valence-electron chi connectivity index (χ0n) is 32.8. The molecule has 5 rings (SSSR count). The molecule has 9 heteroatoms. The van der Waals surface area contributed by atoms with Crippen molar-refractivity contribution in [3.8, 4) is 0 Å². The number of carbonyl (C=O) groups excluding carboxylic acids is 1. The molecule has 0 spiro atoms. The molecule has 6 nitrogen and oxygen atoms in total. The van der Waals surface area contributed by atoms with E-state index in [4.69, 9.17) is 23.1 Å². The van der Waals surface area contributed by atoms with E-state index in [9.17, 15) is 4.79 Å². The predicted octanol–water partition coefficient (Wildman–Crippen LogP) is 8.05. The largest absolute Gasteiger partial charge is 0.408 e. The van der Waals surface area contributed by atoms with Gasteiger partial charge in [-0.3, -0.25) is 4.79 Å². The summed E-state index contributed by atoms with van der Waals surface area (Å²) in [4.78, 5) is 14.3. The van der Waals surface area contributed by atoms with Crippen molar-refractivity contribution in [2.24, 2.45) is 11.3 Å². The van der Waals surface area contributed by atoms with Crippen molar-refractivity contribution in [1.29, 1.82) is 0 Å². The maximum absolute atomic E-state index is 14.3. The fraction of sp³-hybridized carbons (Fsp3) is 0.585. The summed E-state index contributed by atoms with van der Waals surface area (Å²) in [5, 5.41) is 3.04. The van der Waals surface area contributed by atoms with Gasteiger partial charge in [0, 0.05) is 24.9 Å². The number of methoxy groups -OCH3 is 1. The van der Waals surface area contributed by atoms with E-state index in [1.54, 1.807) is 7.11 Å². The van der Waals surface area contributed by atoms with Crippen molar-refractivity contribution in [3.05, 3.63) is 84.1 Å². The van der Waals surface area contributed by atoms with E-state index in [0.29, 0.717) is 19.4 Å². The van der Waals surface area contributed by atoms with Crippen LogP contribution in [0.15, 0.2) is 84.1 Å². The summed E-state index contributed by atoms with van der Waals surface area (Å²) >= 11 is 0. The van der Waals surface area contributed by atoms with Gasteiger partial charge in [-0.05, 0) is 65.6 Å². The lowest BCUT2D eigenvalue weighted by Crippen LogP contribution is -2.71. The highest BCUT2D eigenvalue weighted by molar-refractivity contribution is 6.99.